The molecule has 1 amide bonds. The summed E-state index contributed by atoms with van der Waals surface area (Å²) >= 11 is 9.67. The molecule has 0 saturated carbocycles. The number of carbonyl (C=O) groups is 1. The van der Waals surface area contributed by atoms with Gasteiger partial charge < -0.3 is 9.73 Å². The Bertz CT molecular complexity index is 1290. The molecule has 0 aliphatic rings. The molecule has 2 aromatic carbocycles. The molecule has 0 unspecified atom stereocenters. The number of hydrogen-bond acceptors (Lipinski definition) is 4. The number of carbonyl (C=O) groups excluding carboxylic acids is 1. The van der Waals surface area contributed by atoms with E-state index in [4.69, 9.17) is 16.0 Å². The highest BCUT2D eigenvalue weighted by Crippen LogP contribution is 2.26. The van der Waals surface area contributed by atoms with Crippen LogP contribution in [0.4, 0.5) is 11.5 Å². The highest BCUT2D eigenvalue weighted by Gasteiger charge is 2.14. The van der Waals surface area contributed by atoms with Crippen molar-refractivity contribution in [2.45, 2.75) is 6.92 Å². The molecule has 0 saturated heterocycles. The molecule has 1 N–H and O–H groups in total. The lowest BCUT2D eigenvalue weighted by Crippen LogP contribution is -2.22. The Labute approximate surface area is 180 Å². The summed E-state index contributed by atoms with van der Waals surface area (Å²) in [5.41, 5.74) is 2.53. The molecule has 4 aromatic rings. The molecule has 2 heterocycles. The van der Waals surface area contributed by atoms with Gasteiger partial charge in [0.25, 0.3) is 5.91 Å². The van der Waals surface area contributed by atoms with Crippen molar-refractivity contribution in [1.29, 1.82) is 0 Å². The maximum absolute atomic E-state index is 13.0. The van der Waals surface area contributed by atoms with Gasteiger partial charge in [-0.15, -0.1) is 0 Å². The number of fused-ring (bicyclic) bond motifs is 1. The highest BCUT2D eigenvalue weighted by atomic mass is 79.9. The van der Waals surface area contributed by atoms with Crippen LogP contribution in [-0.4, -0.2) is 10.9 Å². The van der Waals surface area contributed by atoms with Gasteiger partial charge in [-0.25, -0.2) is 9.98 Å². The van der Waals surface area contributed by atoms with Crippen molar-refractivity contribution in [1.82, 2.24) is 4.98 Å². The van der Waals surface area contributed by atoms with Gasteiger partial charge in [-0.05, 0) is 61.0 Å². The molecule has 0 fully saturated rings. The van der Waals surface area contributed by atoms with Crippen molar-refractivity contribution in [3.8, 4) is 0 Å². The summed E-state index contributed by atoms with van der Waals surface area (Å²) in [7, 11) is 0. The summed E-state index contributed by atoms with van der Waals surface area (Å²) < 4.78 is 6.87. The molecule has 0 atom stereocenters. The average molecular weight is 469 g/mol. The molecule has 0 bridgehead atoms. The predicted molar refractivity (Wildman–Crippen MR) is 118 cm³/mol. The van der Waals surface area contributed by atoms with Crippen LogP contribution in [0, 0.1) is 6.92 Å². The summed E-state index contributed by atoms with van der Waals surface area (Å²) in [5.74, 6) is 0.0736. The predicted octanol–water partition coefficient (Wildman–Crippen LogP) is 6.04. The maximum atomic E-state index is 13.0. The minimum absolute atomic E-state index is 0.193. The Hall–Kier alpha value is -2.96. The molecular weight excluding hydrogens is 454 g/mol. The van der Waals surface area contributed by atoms with Crippen LogP contribution in [0.3, 0.4) is 0 Å². The van der Waals surface area contributed by atoms with E-state index in [-0.39, 0.29) is 11.5 Å². The zero-order valence-corrected chi connectivity index (χ0v) is 17.7. The third kappa shape index (κ3) is 4.23. The number of aromatic nitrogens is 1. The van der Waals surface area contributed by atoms with Gasteiger partial charge in [0.2, 0.25) is 5.55 Å². The first kappa shape index (κ1) is 19.4. The zero-order valence-electron chi connectivity index (χ0n) is 15.3. The van der Waals surface area contributed by atoms with E-state index in [9.17, 15) is 4.79 Å². The number of halogens is 2. The van der Waals surface area contributed by atoms with E-state index in [0.717, 1.165) is 15.4 Å². The number of hydrogen-bond donors (Lipinski definition) is 1. The fourth-order valence-electron chi connectivity index (χ4n) is 2.79. The average Bonchev–Trinajstić information content (AvgIpc) is 2.72. The van der Waals surface area contributed by atoms with E-state index in [0.29, 0.717) is 27.7 Å². The molecular formula is C22H15BrClN3O2. The van der Waals surface area contributed by atoms with E-state index < -0.39 is 0 Å². The van der Waals surface area contributed by atoms with Crippen LogP contribution in [0.1, 0.15) is 15.9 Å². The Morgan fingerprint density at radius 1 is 1.14 bits per heavy atom. The summed E-state index contributed by atoms with van der Waals surface area (Å²) in [6.45, 7) is 1.87. The number of anilines is 1. The van der Waals surface area contributed by atoms with Crippen molar-refractivity contribution in [3.63, 3.8) is 0 Å². The fourth-order valence-corrected chi connectivity index (χ4v) is 3.34. The Morgan fingerprint density at radius 3 is 2.79 bits per heavy atom. The van der Waals surface area contributed by atoms with Gasteiger partial charge in [-0.3, -0.25) is 4.79 Å². The largest absolute Gasteiger partial charge is 0.438 e. The van der Waals surface area contributed by atoms with Crippen molar-refractivity contribution >= 4 is 55.9 Å². The summed E-state index contributed by atoms with van der Waals surface area (Å²) in [6.07, 6.45) is 1.61. The smallest absolute Gasteiger partial charge is 0.262 e. The lowest BCUT2D eigenvalue weighted by molar-refractivity contribution is 0.102. The van der Waals surface area contributed by atoms with Crippen molar-refractivity contribution in [2.75, 3.05) is 5.32 Å². The number of pyridine rings is 1. The van der Waals surface area contributed by atoms with E-state index in [2.05, 4.69) is 31.2 Å². The fraction of sp³-hybridized carbons (Fsp3) is 0.0455. The van der Waals surface area contributed by atoms with Gasteiger partial charge in [-0.2, -0.15) is 0 Å². The molecule has 0 aliphatic heterocycles. The van der Waals surface area contributed by atoms with Gasteiger partial charge in [0, 0.05) is 21.1 Å². The molecule has 0 spiro atoms. The van der Waals surface area contributed by atoms with Crippen LogP contribution in [0.15, 0.2) is 80.7 Å². The van der Waals surface area contributed by atoms with Gasteiger partial charge >= 0.3 is 0 Å². The monoisotopic (exact) mass is 467 g/mol. The summed E-state index contributed by atoms with van der Waals surface area (Å²) in [6, 6.07) is 18.0. The second kappa shape index (κ2) is 8.19. The molecule has 4 rings (SSSR count). The van der Waals surface area contributed by atoms with Crippen LogP contribution in [0.2, 0.25) is 5.02 Å². The van der Waals surface area contributed by atoms with E-state index >= 15 is 0 Å². The van der Waals surface area contributed by atoms with E-state index in [1.807, 2.05) is 31.2 Å². The van der Waals surface area contributed by atoms with Crippen LogP contribution in [0.25, 0.3) is 11.0 Å². The maximum Gasteiger partial charge on any atom is 0.262 e. The minimum Gasteiger partial charge on any atom is -0.438 e. The first-order valence-electron chi connectivity index (χ1n) is 8.77. The van der Waals surface area contributed by atoms with Crippen LogP contribution in [0.5, 0.6) is 0 Å². The third-order valence-electron chi connectivity index (χ3n) is 4.32. The molecule has 144 valence electrons. The summed E-state index contributed by atoms with van der Waals surface area (Å²) in [5, 5.41) is 4.15. The minimum atomic E-state index is -0.368. The molecule has 7 heteroatoms. The lowest BCUT2D eigenvalue weighted by Gasteiger charge is -2.07. The second-order valence-electron chi connectivity index (χ2n) is 6.31. The molecule has 0 aliphatic carbocycles. The number of rotatable bonds is 3. The van der Waals surface area contributed by atoms with Crippen LogP contribution >= 0.6 is 27.5 Å². The van der Waals surface area contributed by atoms with Crippen molar-refractivity contribution in [3.05, 3.63) is 93.0 Å². The van der Waals surface area contributed by atoms with Gasteiger partial charge in [0.05, 0.1) is 5.69 Å². The first-order valence-corrected chi connectivity index (χ1v) is 9.94. The van der Waals surface area contributed by atoms with Gasteiger partial charge in [0.15, 0.2) is 0 Å². The normalized spacial score (nSPS) is 11.6. The Balaban J connectivity index is 1.90. The highest BCUT2D eigenvalue weighted by molar-refractivity contribution is 9.10. The quantitative estimate of drug-likeness (QED) is 0.399. The van der Waals surface area contributed by atoms with Gasteiger partial charge in [-0.1, -0.05) is 39.7 Å². The molecule has 2 aromatic heterocycles. The number of benzene rings is 2. The Kier molecular flexibility index (Phi) is 5.47. The lowest BCUT2D eigenvalue weighted by atomic mass is 10.1. The molecule has 5 nitrogen and oxygen atoms in total. The molecule has 29 heavy (non-hydrogen) atoms. The van der Waals surface area contributed by atoms with Crippen molar-refractivity contribution < 1.29 is 9.21 Å². The van der Waals surface area contributed by atoms with Gasteiger partial charge in [0.1, 0.15) is 17.0 Å². The topological polar surface area (TPSA) is 67.5 Å². The third-order valence-corrected chi connectivity index (χ3v) is 5.22. The first-order chi connectivity index (χ1) is 14.0. The van der Waals surface area contributed by atoms with Crippen LogP contribution in [-0.2, 0) is 0 Å². The zero-order chi connectivity index (χ0) is 20.4. The summed E-state index contributed by atoms with van der Waals surface area (Å²) in [4.78, 5) is 21.7. The van der Waals surface area contributed by atoms with E-state index in [1.165, 1.54) is 0 Å². The standard InChI is InChI=1S/C22H15BrClN3O2/c1-13-17(24)5-4-6-18(13)26-22-16(21(28)27-20-7-2-3-10-25-20)12-14-11-15(23)8-9-19(14)29-22/h2-12H,1H3,(H,25,27,28). The SMILES string of the molecule is Cc1c(Cl)cccc1N=c1oc2ccc(Br)cc2cc1C(=O)Nc1ccccn1. The number of nitrogens with one attached hydrogen (secondary N) is 1. The van der Waals surface area contributed by atoms with Crippen molar-refractivity contribution in [2.24, 2.45) is 4.99 Å². The second-order valence-corrected chi connectivity index (χ2v) is 7.64. The Morgan fingerprint density at radius 2 is 2.00 bits per heavy atom. The molecule has 0 radical (unpaired) electrons. The number of nitrogens with zero attached hydrogens (tertiary/aromatic N) is 2. The van der Waals surface area contributed by atoms with Crippen LogP contribution < -0.4 is 10.9 Å². The number of amides is 1. The van der Waals surface area contributed by atoms with E-state index in [1.54, 1.807) is 42.6 Å².